The van der Waals surface area contributed by atoms with Crippen LogP contribution in [0.1, 0.15) is 13.3 Å². The Kier molecular flexibility index (Phi) is 3.41. The highest BCUT2D eigenvalue weighted by Gasteiger charge is 2.31. The van der Waals surface area contributed by atoms with Crippen molar-refractivity contribution in [2.75, 3.05) is 11.9 Å². The van der Waals surface area contributed by atoms with Gasteiger partial charge in [0.25, 0.3) is 0 Å². The molecule has 1 aromatic rings. The number of nitrogens with zero attached hydrogens (tertiary/aromatic N) is 1. The van der Waals surface area contributed by atoms with Crippen molar-refractivity contribution in [1.29, 1.82) is 0 Å². The average Bonchev–Trinajstić information content (AvgIpc) is 3.02. The molecule has 2 rings (SSSR count). The summed E-state index contributed by atoms with van der Waals surface area (Å²) in [6.07, 6.45) is 1.28. The standard InChI is InChI=1S/C12H18N4/c1-9-7-10(9)8-14-12(16-13)15-11-5-3-2-4-6-11/h2-6,9-10H,7-8,13H2,1H3,(H2,14,15,16). The number of aliphatic imine (C=N–C) groups is 1. The summed E-state index contributed by atoms with van der Waals surface area (Å²) in [5.41, 5.74) is 3.58. The maximum absolute atomic E-state index is 5.42. The summed E-state index contributed by atoms with van der Waals surface area (Å²) >= 11 is 0. The van der Waals surface area contributed by atoms with Gasteiger partial charge in [-0.05, 0) is 30.4 Å². The zero-order valence-electron chi connectivity index (χ0n) is 9.48. The Labute approximate surface area is 95.9 Å². The lowest BCUT2D eigenvalue weighted by molar-refractivity contribution is 0.757. The molecule has 1 aliphatic rings. The number of para-hydroxylation sites is 1. The predicted molar refractivity (Wildman–Crippen MR) is 67.0 cm³/mol. The molecule has 1 fully saturated rings. The van der Waals surface area contributed by atoms with Crippen LogP contribution in [0.15, 0.2) is 35.3 Å². The zero-order chi connectivity index (χ0) is 11.4. The second-order valence-corrected chi connectivity index (χ2v) is 4.30. The number of benzene rings is 1. The molecule has 4 N–H and O–H groups in total. The van der Waals surface area contributed by atoms with E-state index in [-0.39, 0.29) is 0 Å². The van der Waals surface area contributed by atoms with E-state index in [1.54, 1.807) is 0 Å². The number of guanidine groups is 1. The largest absolute Gasteiger partial charge is 0.325 e. The molecule has 0 spiro atoms. The van der Waals surface area contributed by atoms with E-state index in [9.17, 15) is 0 Å². The first-order valence-corrected chi connectivity index (χ1v) is 5.62. The summed E-state index contributed by atoms with van der Waals surface area (Å²) in [5, 5.41) is 3.14. The molecule has 0 heterocycles. The smallest absolute Gasteiger partial charge is 0.210 e. The topological polar surface area (TPSA) is 62.4 Å². The highest BCUT2D eigenvalue weighted by molar-refractivity contribution is 5.93. The fourth-order valence-corrected chi connectivity index (χ4v) is 1.64. The first-order chi connectivity index (χ1) is 7.79. The number of anilines is 1. The van der Waals surface area contributed by atoms with Gasteiger partial charge in [-0.15, -0.1) is 0 Å². The minimum atomic E-state index is 0.630. The molecule has 1 saturated carbocycles. The van der Waals surface area contributed by atoms with Gasteiger partial charge < -0.3 is 5.32 Å². The summed E-state index contributed by atoms with van der Waals surface area (Å²) < 4.78 is 0. The Bertz CT molecular complexity index is 361. The highest BCUT2D eigenvalue weighted by atomic mass is 15.3. The fraction of sp³-hybridized carbons (Fsp3) is 0.417. The Morgan fingerprint density at radius 2 is 2.12 bits per heavy atom. The monoisotopic (exact) mass is 218 g/mol. The van der Waals surface area contributed by atoms with Crippen molar-refractivity contribution in [3.63, 3.8) is 0 Å². The molecule has 4 nitrogen and oxygen atoms in total. The normalized spacial score (nSPS) is 24.0. The van der Waals surface area contributed by atoms with Gasteiger partial charge in [0, 0.05) is 12.2 Å². The SMILES string of the molecule is CC1CC1CN=C(NN)Nc1ccccc1. The van der Waals surface area contributed by atoms with Gasteiger partial charge in [-0.25, -0.2) is 5.84 Å². The van der Waals surface area contributed by atoms with Gasteiger partial charge >= 0.3 is 0 Å². The summed E-state index contributed by atoms with van der Waals surface area (Å²) in [6.45, 7) is 3.10. The Hall–Kier alpha value is -1.55. The number of rotatable bonds is 3. The van der Waals surface area contributed by atoms with Crippen molar-refractivity contribution in [3.8, 4) is 0 Å². The zero-order valence-corrected chi connectivity index (χ0v) is 9.48. The summed E-state index contributed by atoms with van der Waals surface area (Å²) in [4.78, 5) is 4.42. The van der Waals surface area contributed by atoms with Crippen molar-refractivity contribution in [1.82, 2.24) is 5.43 Å². The number of nitrogens with two attached hydrogens (primary N) is 1. The minimum absolute atomic E-state index is 0.630. The van der Waals surface area contributed by atoms with Gasteiger partial charge in [0.2, 0.25) is 5.96 Å². The van der Waals surface area contributed by atoms with Gasteiger partial charge in [0.1, 0.15) is 0 Å². The van der Waals surface area contributed by atoms with Crippen LogP contribution in [0.25, 0.3) is 0 Å². The summed E-state index contributed by atoms with van der Waals surface area (Å²) in [7, 11) is 0. The van der Waals surface area contributed by atoms with Crippen LogP contribution in [0, 0.1) is 11.8 Å². The first-order valence-electron chi connectivity index (χ1n) is 5.62. The van der Waals surface area contributed by atoms with Crippen molar-refractivity contribution in [2.45, 2.75) is 13.3 Å². The number of nitrogens with one attached hydrogen (secondary N) is 2. The van der Waals surface area contributed by atoms with Crippen LogP contribution in [0.3, 0.4) is 0 Å². The Morgan fingerprint density at radius 3 is 2.69 bits per heavy atom. The lowest BCUT2D eigenvalue weighted by atomic mass is 10.3. The van der Waals surface area contributed by atoms with Crippen LogP contribution in [0.2, 0.25) is 0 Å². The molecule has 0 radical (unpaired) electrons. The van der Waals surface area contributed by atoms with Gasteiger partial charge in [-0.3, -0.25) is 10.4 Å². The van der Waals surface area contributed by atoms with Gasteiger partial charge in [0.05, 0.1) is 0 Å². The number of hydrazine groups is 1. The van der Waals surface area contributed by atoms with Gasteiger partial charge in [-0.1, -0.05) is 25.1 Å². The lowest BCUT2D eigenvalue weighted by Gasteiger charge is -2.08. The Morgan fingerprint density at radius 1 is 1.44 bits per heavy atom. The molecule has 0 aromatic heterocycles. The van der Waals surface area contributed by atoms with Gasteiger partial charge in [-0.2, -0.15) is 0 Å². The van der Waals surface area contributed by atoms with E-state index in [0.717, 1.165) is 24.1 Å². The molecule has 2 atom stereocenters. The van der Waals surface area contributed by atoms with Crippen molar-refractivity contribution in [3.05, 3.63) is 30.3 Å². The molecule has 1 aliphatic carbocycles. The molecule has 0 saturated heterocycles. The van der Waals surface area contributed by atoms with E-state index in [4.69, 9.17) is 5.84 Å². The molecule has 0 amide bonds. The van der Waals surface area contributed by atoms with Crippen molar-refractivity contribution >= 4 is 11.6 Å². The van der Waals surface area contributed by atoms with Crippen LogP contribution in [-0.4, -0.2) is 12.5 Å². The van der Waals surface area contributed by atoms with E-state index in [0.29, 0.717) is 5.96 Å². The second kappa shape index (κ2) is 4.99. The summed E-state index contributed by atoms with van der Waals surface area (Å²) in [5.74, 6) is 7.60. The lowest BCUT2D eigenvalue weighted by Crippen LogP contribution is -2.36. The quantitative estimate of drug-likeness (QED) is 0.312. The highest BCUT2D eigenvalue weighted by Crippen LogP contribution is 2.37. The number of hydrogen-bond donors (Lipinski definition) is 3. The third kappa shape index (κ3) is 2.97. The van der Waals surface area contributed by atoms with Gasteiger partial charge in [0.15, 0.2) is 0 Å². The molecule has 1 aromatic carbocycles. The van der Waals surface area contributed by atoms with Crippen LogP contribution < -0.4 is 16.6 Å². The van der Waals surface area contributed by atoms with Crippen molar-refractivity contribution in [2.24, 2.45) is 22.7 Å². The molecule has 86 valence electrons. The van der Waals surface area contributed by atoms with E-state index in [2.05, 4.69) is 22.7 Å². The first kappa shape index (κ1) is 11.0. The van der Waals surface area contributed by atoms with E-state index >= 15 is 0 Å². The van der Waals surface area contributed by atoms with Crippen molar-refractivity contribution < 1.29 is 0 Å². The Balaban J connectivity index is 1.90. The van der Waals surface area contributed by atoms with E-state index in [1.165, 1.54) is 6.42 Å². The van der Waals surface area contributed by atoms with Crippen LogP contribution in [-0.2, 0) is 0 Å². The minimum Gasteiger partial charge on any atom is -0.325 e. The third-order valence-electron chi connectivity index (χ3n) is 2.93. The van der Waals surface area contributed by atoms with E-state index in [1.807, 2.05) is 30.3 Å². The second-order valence-electron chi connectivity index (χ2n) is 4.30. The predicted octanol–water partition coefficient (Wildman–Crippen LogP) is 1.57. The fourth-order valence-electron chi connectivity index (χ4n) is 1.64. The molecule has 0 bridgehead atoms. The molecule has 4 heteroatoms. The molecular weight excluding hydrogens is 200 g/mol. The maximum Gasteiger partial charge on any atom is 0.210 e. The van der Waals surface area contributed by atoms with Crippen LogP contribution in [0.5, 0.6) is 0 Å². The third-order valence-corrected chi connectivity index (χ3v) is 2.93. The number of hydrogen-bond acceptors (Lipinski definition) is 2. The molecule has 16 heavy (non-hydrogen) atoms. The summed E-state index contributed by atoms with van der Waals surface area (Å²) in [6, 6.07) is 9.88. The van der Waals surface area contributed by atoms with Crippen LogP contribution in [0.4, 0.5) is 5.69 Å². The van der Waals surface area contributed by atoms with E-state index < -0.39 is 0 Å². The molecule has 0 aliphatic heterocycles. The van der Waals surface area contributed by atoms with Crippen LogP contribution >= 0.6 is 0 Å². The average molecular weight is 218 g/mol. The molecular formula is C12H18N4. The maximum atomic E-state index is 5.42. The molecule has 2 unspecified atom stereocenters.